The number of aromatic amines is 1. The van der Waals surface area contributed by atoms with Gasteiger partial charge < -0.3 is 0 Å². The zero-order chi connectivity index (χ0) is 8.74. The van der Waals surface area contributed by atoms with Crippen LogP contribution in [0.15, 0.2) is 30.6 Å². The third kappa shape index (κ3) is 17.7. The summed E-state index contributed by atoms with van der Waals surface area (Å²) in [5.41, 5.74) is 0. The van der Waals surface area contributed by atoms with E-state index in [1.54, 1.807) is 0 Å². The Bertz CT molecular complexity index is 143. The summed E-state index contributed by atoms with van der Waals surface area (Å²) in [6, 6.07) is 5.86. The van der Waals surface area contributed by atoms with Gasteiger partial charge >= 0.3 is 0 Å². The van der Waals surface area contributed by atoms with E-state index in [4.69, 9.17) is 16.8 Å². The second-order valence-electron chi connectivity index (χ2n) is 1.46. The van der Waals surface area contributed by atoms with E-state index in [0.717, 1.165) is 0 Å². The van der Waals surface area contributed by atoms with Crippen LogP contribution in [0.2, 0.25) is 0 Å². The highest BCUT2D eigenvalue weighted by atomic mass is 80.0. The first-order valence-electron chi connectivity index (χ1n) is 2.53. The van der Waals surface area contributed by atoms with Gasteiger partial charge in [-0.05, 0) is 0 Å². The minimum Gasteiger partial charge on any atom is -0.264 e. The molecule has 0 bridgehead atoms. The quantitative estimate of drug-likeness (QED) is 0.444. The molecule has 5 nitrogen and oxygen atoms in total. The molecule has 1 N–H and O–H groups in total. The normalized spacial score (nSPS) is 9.82. The van der Waals surface area contributed by atoms with Crippen LogP contribution in [-0.4, -0.2) is 0 Å². The van der Waals surface area contributed by atoms with E-state index >= 15 is 0 Å². The number of nitrogens with one attached hydrogen (secondary N) is 1. The maximum atomic E-state index is 8.58. The Hall–Kier alpha value is -0.530. The molecule has 0 aliphatic heterocycles. The summed E-state index contributed by atoms with van der Waals surface area (Å²) in [5, 5.41) is 0. The van der Waals surface area contributed by atoms with Crippen LogP contribution in [0.3, 0.4) is 0 Å². The van der Waals surface area contributed by atoms with Crippen molar-refractivity contribution in [1.82, 2.24) is 0 Å². The fourth-order valence-corrected chi connectivity index (χ4v) is 0.342. The highest BCUT2D eigenvalue weighted by Gasteiger charge is 1.90. The number of H-pyrrole nitrogens is 1. The molecule has 0 aliphatic rings. The number of hydrogen-bond acceptors (Lipinski definition) is 4. The van der Waals surface area contributed by atoms with Crippen LogP contribution in [0.5, 0.6) is 0 Å². The largest absolute Gasteiger partial charge is 0.264 e. The smallest absolute Gasteiger partial charge is 0.166 e. The zero-order valence-electron chi connectivity index (χ0n) is 5.40. The highest BCUT2D eigenvalue weighted by Crippen LogP contribution is 1.68. The van der Waals surface area contributed by atoms with E-state index in [2.05, 4.69) is 4.98 Å². The molecule has 0 aliphatic carbocycles. The molecule has 0 amide bonds. The van der Waals surface area contributed by atoms with Crippen molar-refractivity contribution in [3.63, 3.8) is 0 Å². The van der Waals surface area contributed by atoms with Gasteiger partial charge in [0.2, 0.25) is 0 Å². The fourth-order valence-electron chi connectivity index (χ4n) is 0.342. The van der Waals surface area contributed by atoms with Crippen molar-refractivity contribution < 1.29 is 35.9 Å². The molecule has 1 aromatic heterocycles. The Morgan fingerprint density at radius 2 is 1.18 bits per heavy atom. The molecule has 0 spiro atoms. The third-order valence-corrected chi connectivity index (χ3v) is 0.607. The molecule has 0 saturated heterocycles. The minimum absolute atomic E-state index is 1.88. The number of pyridine rings is 1. The van der Waals surface area contributed by atoms with Crippen LogP contribution in [-0.2, 0) is 0 Å². The van der Waals surface area contributed by atoms with Crippen molar-refractivity contribution in [3.8, 4) is 0 Å². The van der Waals surface area contributed by atoms with E-state index in [0.29, 0.717) is 0 Å². The predicted molar refractivity (Wildman–Crippen MR) is 23.0 cm³/mol. The van der Waals surface area contributed by atoms with Crippen molar-refractivity contribution in [2.75, 3.05) is 0 Å². The Balaban J connectivity index is 0.000000187. The summed E-state index contributed by atoms with van der Waals surface area (Å²) in [4.78, 5) is 2.89. The van der Waals surface area contributed by atoms with Gasteiger partial charge in [0, 0.05) is 12.1 Å². The van der Waals surface area contributed by atoms with E-state index in [-0.39, 0.29) is 0 Å². The Kier molecular flexibility index (Phi) is 4.92. The summed E-state index contributed by atoms with van der Waals surface area (Å²) in [5.74, 6) is 0. The van der Waals surface area contributed by atoms with E-state index < -0.39 is 14.1 Å². The van der Waals surface area contributed by atoms with Crippen molar-refractivity contribution in [2.24, 2.45) is 0 Å². The molecule has 0 saturated carbocycles. The predicted octanol–water partition coefficient (Wildman–Crippen LogP) is -4.26. The molecule has 0 radical (unpaired) electrons. The standard InChI is InChI=1S/C5H5N.BrO4/c1-2-4-6-5-3-1;2-1(3,4)5/h1-5H;/q;-1/p+1. The molecule has 0 unspecified atom stereocenters. The van der Waals surface area contributed by atoms with Gasteiger partial charge in [0.25, 0.3) is 0 Å². The summed E-state index contributed by atoms with van der Waals surface area (Å²) >= 11 is -5.62. The van der Waals surface area contributed by atoms with Crippen LogP contribution in [0.4, 0.5) is 0 Å². The van der Waals surface area contributed by atoms with Gasteiger partial charge in [-0.15, -0.1) is 0 Å². The van der Waals surface area contributed by atoms with E-state index in [9.17, 15) is 0 Å². The van der Waals surface area contributed by atoms with Crippen molar-refractivity contribution in [3.05, 3.63) is 30.6 Å². The van der Waals surface area contributed by atoms with Gasteiger partial charge in [0.05, 0.1) is 14.1 Å². The molecule has 6 heteroatoms. The molecular formula is C5H6BrNO4. The second kappa shape index (κ2) is 5.16. The molecule has 0 fully saturated rings. The maximum Gasteiger partial charge on any atom is 0.166 e. The van der Waals surface area contributed by atoms with E-state index in [1.165, 1.54) is 0 Å². The molecule has 0 atom stereocenters. The Morgan fingerprint density at radius 1 is 0.818 bits per heavy atom. The summed E-state index contributed by atoms with van der Waals surface area (Å²) in [6.07, 6.45) is 3.75. The third-order valence-electron chi connectivity index (χ3n) is 0.607. The average Bonchev–Trinajstić information content (AvgIpc) is 1.88. The molecule has 1 rings (SSSR count). The van der Waals surface area contributed by atoms with Gasteiger partial charge in [-0.3, -0.25) is 16.8 Å². The van der Waals surface area contributed by atoms with Gasteiger partial charge in [0.1, 0.15) is 0 Å². The van der Waals surface area contributed by atoms with Gasteiger partial charge in [-0.2, -0.15) is 0 Å². The molecule has 11 heavy (non-hydrogen) atoms. The minimum atomic E-state index is -5.62. The van der Waals surface area contributed by atoms with Crippen LogP contribution in [0.25, 0.3) is 0 Å². The first kappa shape index (κ1) is 10.5. The summed E-state index contributed by atoms with van der Waals surface area (Å²) < 4.78 is 34.3. The topological polar surface area (TPSA) is 106 Å². The lowest BCUT2D eigenvalue weighted by Crippen LogP contribution is -2.68. The first-order valence-corrected chi connectivity index (χ1v) is 5.12. The van der Waals surface area contributed by atoms with Crippen molar-refractivity contribution >= 4 is 0 Å². The molecule has 1 heterocycles. The first-order chi connectivity index (χ1) is 5.00. The van der Waals surface area contributed by atoms with Gasteiger partial charge in [0.15, 0.2) is 12.4 Å². The molecule has 0 aromatic carbocycles. The number of rotatable bonds is 0. The van der Waals surface area contributed by atoms with Gasteiger partial charge in [-0.25, -0.2) is 4.98 Å². The average molecular weight is 224 g/mol. The number of hydrogen-bond donors (Lipinski definition) is 0. The summed E-state index contributed by atoms with van der Waals surface area (Å²) in [6.45, 7) is 0. The zero-order valence-corrected chi connectivity index (χ0v) is 6.98. The molecule has 62 valence electrons. The van der Waals surface area contributed by atoms with Crippen LogP contribution >= 0.6 is 0 Å². The lowest BCUT2D eigenvalue weighted by Gasteiger charge is -2.11. The van der Waals surface area contributed by atoms with Crippen LogP contribution in [0, 0.1) is 14.1 Å². The lowest BCUT2D eigenvalue weighted by atomic mass is 10.5. The fraction of sp³-hybridized carbons (Fsp3) is 0. The maximum absolute atomic E-state index is 8.58. The molecule has 1 aromatic rings. The Morgan fingerprint density at radius 3 is 1.27 bits per heavy atom. The van der Waals surface area contributed by atoms with Crippen molar-refractivity contribution in [2.45, 2.75) is 0 Å². The van der Waals surface area contributed by atoms with E-state index in [1.807, 2.05) is 30.6 Å². The second-order valence-corrected chi connectivity index (χ2v) is 3.04. The van der Waals surface area contributed by atoms with Crippen LogP contribution < -0.4 is 21.8 Å². The number of halogens is 1. The highest BCUT2D eigenvalue weighted by molar-refractivity contribution is 4.82. The Labute approximate surface area is 67.1 Å². The monoisotopic (exact) mass is 223 g/mol. The SMILES string of the molecule is [O-][Br+3]([O-])([O-])[O-].c1cc[nH+]cc1. The summed E-state index contributed by atoms with van der Waals surface area (Å²) in [7, 11) is 0. The van der Waals surface area contributed by atoms with Crippen LogP contribution in [0.1, 0.15) is 0 Å². The number of aromatic nitrogens is 1. The van der Waals surface area contributed by atoms with Gasteiger partial charge in [-0.1, -0.05) is 6.07 Å². The molecular weight excluding hydrogens is 218 g/mol. The van der Waals surface area contributed by atoms with Crippen molar-refractivity contribution in [1.29, 1.82) is 0 Å². The lowest BCUT2D eigenvalue weighted by molar-refractivity contribution is -2.00.